The van der Waals surface area contributed by atoms with Gasteiger partial charge in [0.15, 0.2) is 0 Å². The first-order valence-electron chi connectivity index (χ1n) is 13.8. The van der Waals surface area contributed by atoms with Crippen molar-refractivity contribution in [3.8, 4) is 0 Å². The van der Waals surface area contributed by atoms with Crippen LogP contribution < -0.4 is 15.3 Å². The average molecular weight is 549 g/mol. The molecule has 8 heteroatoms. The third kappa shape index (κ3) is 4.61. The summed E-state index contributed by atoms with van der Waals surface area (Å²) in [6, 6.07) is 7.93. The molecule has 1 unspecified atom stereocenters. The van der Waals surface area contributed by atoms with Crippen LogP contribution in [0.4, 0.5) is 5.95 Å². The number of amides is 1. The molecule has 0 N–H and O–H groups in total. The Morgan fingerprint density at radius 1 is 1.05 bits per heavy atom. The highest BCUT2D eigenvalue weighted by Crippen LogP contribution is 2.36. The van der Waals surface area contributed by atoms with Crippen LogP contribution in [0.25, 0.3) is 0 Å². The van der Waals surface area contributed by atoms with Crippen molar-refractivity contribution in [3.63, 3.8) is 0 Å². The zero-order chi connectivity index (χ0) is 28.0. The normalized spacial score (nSPS) is 16.9. The Morgan fingerprint density at radius 3 is 2.44 bits per heavy atom. The molecule has 3 aromatic rings. The third-order valence-electron chi connectivity index (χ3n) is 8.76. The number of hydrogen-bond acceptors (Lipinski definition) is 5. The van der Waals surface area contributed by atoms with Crippen molar-refractivity contribution in [2.24, 2.45) is 0 Å². The number of carbonyl (C=O) groups is 1. The lowest BCUT2D eigenvalue weighted by atomic mass is 9.87. The highest BCUT2D eigenvalue weighted by molar-refractivity contribution is 6.30. The van der Waals surface area contributed by atoms with Crippen molar-refractivity contribution in [3.05, 3.63) is 89.8 Å². The first-order chi connectivity index (χ1) is 18.7. The van der Waals surface area contributed by atoms with Crippen molar-refractivity contribution in [2.75, 3.05) is 25.1 Å². The third-order valence-corrected chi connectivity index (χ3v) is 9.01. The molecular weight excluding hydrogens is 512 g/mol. The van der Waals surface area contributed by atoms with Gasteiger partial charge in [-0.3, -0.25) is 9.59 Å². The minimum absolute atomic E-state index is 0.0248. The van der Waals surface area contributed by atoms with E-state index in [9.17, 15) is 9.59 Å². The summed E-state index contributed by atoms with van der Waals surface area (Å²) in [5, 5.41) is 0.695. The van der Waals surface area contributed by atoms with Crippen LogP contribution in [-0.4, -0.2) is 40.7 Å². The van der Waals surface area contributed by atoms with Crippen LogP contribution in [0.2, 0.25) is 5.02 Å². The molecule has 7 nitrogen and oxygen atoms in total. The van der Waals surface area contributed by atoms with E-state index in [-0.39, 0.29) is 24.1 Å². The molecule has 0 bridgehead atoms. The second kappa shape index (κ2) is 10.7. The summed E-state index contributed by atoms with van der Waals surface area (Å²) >= 11 is 6.12. The molecule has 2 aliphatic heterocycles. The topological polar surface area (TPSA) is 67.7 Å². The summed E-state index contributed by atoms with van der Waals surface area (Å²) in [4.78, 5) is 42.2. The van der Waals surface area contributed by atoms with E-state index in [0.29, 0.717) is 29.5 Å². The lowest BCUT2D eigenvalue weighted by Crippen LogP contribution is -2.44. The van der Waals surface area contributed by atoms with Crippen LogP contribution in [0.3, 0.4) is 0 Å². The van der Waals surface area contributed by atoms with Gasteiger partial charge in [-0.25, -0.2) is 4.98 Å². The molecule has 3 heterocycles. The van der Waals surface area contributed by atoms with E-state index < -0.39 is 0 Å². The number of carbonyl (C=O) groups excluding carboxylic acids is 1. The van der Waals surface area contributed by atoms with Gasteiger partial charge in [0.2, 0.25) is 5.95 Å². The minimum Gasteiger partial charge on any atom is -0.411 e. The monoisotopic (exact) mass is 548 g/mol. The van der Waals surface area contributed by atoms with Gasteiger partial charge in [0.05, 0.1) is 23.8 Å². The van der Waals surface area contributed by atoms with E-state index in [2.05, 4.69) is 25.7 Å². The first kappa shape index (κ1) is 27.3. The fourth-order valence-corrected chi connectivity index (χ4v) is 6.55. The SMILES string of the molecule is CCc1c(C)c(C)c(C)c(C(=O)N2CCc3nc(N4CCCC4c4ccc(Cl)cc4)n(OC)c(=O)c3C2)c1C. The Bertz CT molecular complexity index is 1500. The van der Waals surface area contributed by atoms with Crippen molar-refractivity contribution < 1.29 is 9.63 Å². The number of nitrogens with zero attached hydrogens (tertiary/aromatic N) is 4. The number of benzene rings is 2. The van der Waals surface area contributed by atoms with Crippen molar-refractivity contribution in [2.45, 2.75) is 72.9 Å². The summed E-state index contributed by atoms with van der Waals surface area (Å²) in [5.41, 5.74) is 8.62. The van der Waals surface area contributed by atoms with E-state index in [1.54, 1.807) is 4.90 Å². The number of anilines is 1. The van der Waals surface area contributed by atoms with Crippen molar-refractivity contribution in [1.29, 1.82) is 0 Å². The first-order valence-corrected chi connectivity index (χ1v) is 14.2. The summed E-state index contributed by atoms with van der Waals surface area (Å²) in [5.74, 6) is 0.496. The molecule has 1 atom stereocenters. The van der Waals surface area contributed by atoms with Gasteiger partial charge in [0.25, 0.3) is 11.5 Å². The van der Waals surface area contributed by atoms with Crippen LogP contribution in [0.5, 0.6) is 0 Å². The Kier molecular flexibility index (Phi) is 7.47. The standard InChI is InChI=1S/C31H37ClN4O3/c1-7-24-19(3)18(2)20(4)28(21(24)5)30(38)34-16-14-26-25(17-34)29(37)36(39-6)31(33-26)35-15-8-9-27(35)22-10-12-23(32)13-11-22/h10-13,27H,7-9,14-17H2,1-6H3. The lowest BCUT2D eigenvalue weighted by molar-refractivity contribution is 0.0726. The van der Waals surface area contributed by atoms with Gasteiger partial charge in [-0.1, -0.05) is 30.7 Å². The molecule has 1 aromatic heterocycles. The number of halogens is 1. The molecule has 5 rings (SSSR count). The van der Waals surface area contributed by atoms with Gasteiger partial charge < -0.3 is 14.6 Å². The highest BCUT2D eigenvalue weighted by atomic mass is 35.5. The van der Waals surface area contributed by atoms with Crippen LogP contribution in [0, 0.1) is 27.7 Å². The number of hydrogen-bond donors (Lipinski definition) is 0. The Hall–Kier alpha value is -3.32. The molecule has 39 heavy (non-hydrogen) atoms. The minimum atomic E-state index is -0.250. The zero-order valence-corrected chi connectivity index (χ0v) is 24.5. The summed E-state index contributed by atoms with van der Waals surface area (Å²) in [6.07, 6.45) is 3.34. The highest BCUT2D eigenvalue weighted by Gasteiger charge is 2.34. The van der Waals surface area contributed by atoms with E-state index in [4.69, 9.17) is 21.4 Å². The van der Waals surface area contributed by atoms with E-state index in [1.807, 2.05) is 38.1 Å². The van der Waals surface area contributed by atoms with Crippen LogP contribution in [0.15, 0.2) is 29.1 Å². The summed E-state index contributed by atoms with van der Waals surface area (Å²) < 4.78 is 1.29. The molecule has 0 spiro atoms. The Labute approximate surface area is 235 Å². The van der Waals surface area contributed by atoms with Gasteiger partial charge in [0.1, 0.15) is 7.11 Å². The maximum Gasteiger partial charge on any atom is 0.293 e. The zero-order valence-electron chi connectivity index (χ0n) is 23.7. The Balaban J connectivity index is 1.50. The maximum atomic E-state index is 13.9. The van der Waals surface area contributed by atoms with Crippen LogP contribution in [-0.2, 0) is 19.4 Å². The molecule has 0 aliphatic carbocycles. The quantitative estimate of drug-likeness (QED) is 0.433. The van der Waals surface area contributed by atoms with E-state index in [1.165, 1.54) is 23.0 Å². The predicted octanol–water partition coefficient (Wildman–Crippen LogP) is 5.29. The smallest absolute Gasteiger partial charge is 0.293 e. The molecule has 0 radical (unpaired) electrons. The van der Waals surface area contributed by atoms with Gasteiger partial charge in [-0.05, 0) is 92.5 Å². The summed E-state index contributed by atoms with van der Waals surface area (Å²) in [7, 11) is 1.49. The molecule has 2 aliphatic rings. The fourth-order valence-electron chi connectivity index (χ4n) is 6.42. The molecular formula is C31H37ClN4O3. The van der Waals surface area contributed by atoms with Crippen molar-refractivity contribution in [1.82, 2.24) is 14.6 Å². The molecule has 0 saturated carbocycles. The van der Waals surface area contributed by atoms with Gasteiger partial charge in [-0.15, -0.1) is 4.73 Å². The molecule has 1 fully saturated rings. The number of fused-ring (bicyclic) bond motifs is 1. The Morgan fingerprint density at radius 2 is 1.77 bits per heavy atom. The van der Waals surface area contributed by atoms with Gasteiger partial charge in [-0.2, -0.15) is 0 Å². The molecule has 206 valence electrons. The van der Waals surface area contributed by atoms with Crippen LogP contribution >= 0.6 is 11.6 Å². The van der Waals surface area contributed by atoms with Gasteiger partial charge in [0, 0.05) is 30.1 Å². The lowest BCUT2D eigenvalue weighted by Gasteiger charge is -2.32. The maximum absolute atomic E-state index is 13.9. The van der Waals surface area contributed by atoms with E-state index in [0.717, 1.165) is 59.3 Å². The van der Waals surface area contributed by atoms with Crippen LogP contribution in [0.1, 0.15) is 80.8 Å². The number of aromatic nitrogens is 2. The molecule has 2 aromatic carbocycles. The van der Waals surface area contributed by atoms with E-state index >= 15 is 0 Å². The second-order valence-electron chi connectivity index (χ2n) is 10.7. The molecule has 1 saturated heterocycles. The molecule has 1 amide bonds. The van der Waals surface area contributed by atoms with Crippen molar-refractivity contribution >= 4 is 23.5 Å². The predicted molar refractivity (Wildman–Crippen MR) is 155 cm³/mol. The fraction of sp³-hybridized carbons (Fsp3) is 0.452. The number of rotatable bonds is 5. The average Bonchev–Trinajstić information content (AvgIpc) is 3.42. The summed E-state index contributed by atoms with van der Waals surface area (Å²) in [6.45, 7) is 11.9. The largest absolute Gasteiger partial charge is 0.411 e. The van der Waals surface area contributed by atoms with Gasteiger partial charge >= 0.3 is 0 Å². The second-order valence-corrected chi connectivity index (χ2v) is 11.1.